The monoisotopic (exact) mass is 367 g/mol. The maximum Gasteiger partial charge on any atom is 0.266 e. The summed E-state index contributed by atoms with van der Waals surface area (Å²) in [7, 11) is 0. The lowest BCUT2D eigenvalue weighted by Crippen LogP contribution is -3.00. The van der Waals surface area contributed by atoms with E-state index in [2.05, 4.69) is 44.9 Å². The number of carbonyl (C=O) groups is 1. The molecule has 4 rings (SSSR count). The normalized spacial score (nSPS) is 12.3. The van der Waals surface area contributed by atoms with E-state index < -0.39 is 0 Å². The highest BCUT2D eigenvalue weighted by Gasteiger charge is 2.29. The van der Waals surface area contributed by atoms with E-state index in [1.54, 1.807) is 0 Å². The number of aryl methyl sites for hydroxylation is 1. The number of rotatable bonds is 4. The van der Waals surface area contributed by atoms with Gasteiger partial charge >= 0.3 is 0 Å². The molecule has 2 aromatic carbocycles. The number of fused-ring (bicyclic) bond motifs is 1. The van der Waals surface area contributed by atoms with Gasteiger partial charge in [0.1, 0.15) is 6.20 Å². The zero-order valence-electron chi connectivity index (χ0n) is 14.8. The van der Waals surface area contributed by atoms with Gasteiger partial charge in [-0.2, -0.15) is 0 Å². The summed E-state index contributed by atoms with van der Waals surface area (Å²) in [6.45, 7) is 3.37. The highest BCUT2D eigenvalue weighted by atomic mass is 35.5. The first-order chi connectivity index (χ1) is 12.2. The molecule has 1 aliphatic rings. The van der Waals surface area contributed by atoms with E-state index in [4.69, 9.17) is 0 Å². The third-order valence-corrected chi connectivity index (χ3v) is 4.80. The summed E-state index contributed by atoms with van der Waals surface area (Å²) in [5.74, 6) is 1.25. The number of halogens is 1. The van der Waals surface area contributed by atoms with E-state index in [-0.39, 0.29) is 18.3 Å². The summed E-state index contributed by atoms with van der Waals surface area (Å²) in [5, 5.41) is 3.03. The van der Waals surface area contributed by atoms with E-state index in [1.807, 2.05) is 37.3 Å². The molecular weight excluding hydrogens is 346 g/mol. The Kier molecular flexibility index (Phi) is 5.43. The molecule has 2 heterocycles. The second-order valence-electron chi connectivity index (χ2n) is 6.54. The van der Waals surface area contributed by atoms with Gasteiger partial charge in [-0.15, -0.1) is 0 Å². The van der Waals surface area contributed by atoms with E-state index in [9.17, 15) is 4.79 Å². The molecule has 0 saturated carbocycles. The molecule has 0 saturated heterocycles. The number of hydrogen-bond acceptors (Lipinski definition) is 1. The molecule has 1 aliphatic heterocycles. The number of hydrogen-bond donors (Lipinski definition) is 1. The van der Waals surface area contributed by atoms with Crippen molar-refractivity contribution in [1.29, 1.82) is 0 Å². The Balaban J connectivity index is 0.00000196. The first-order valence-electron chi connectivity index (χ1n) is 8.75. The molecule has 0 atom stereocenters. The summed E-state index contributed by atoms with van der Waals surface area (Å²) in [6, 6.07) is 18.3. The van der Waals surface area contributed by atoms with Crippen molar-refractivity contribution < 1.29 is 21.8 Å². The van der Waals surface area contributed by atoms with Gasteiger partial charge in [-0.1, -0.05) is 48.5 Å². The summed E-state index contributed by atoms with van der Waals surface area (Å²) >= 11 is 0. The molecule has 3 aromatic rings. The third kappa shape index (κ3) is 3.51. The molecule has 0 spiro atoms. The van der Waals surface area contributed by atoms with Crippen LogP contribution in [-0.2, 0) is 24.3 Å². The number of imidazole rings is 1. The van der Waals surface area contributed by atoms with Crippen LogP contribution in [0.15, 0.2) is 60.8 Å². The van der Waals surface area contributed by atoms with Gasteiger partial charge in [0.2, 0.25) is 0 Å². The summed E-state index contributed by atoms with van der Waals surface area (Å²) < 4.78 is 4.44. The summed E-state index contributed by atoms with van der Waals surface area (Å²) in [6.07, 6.45) is 4.27. The van der Waals surface area contributed by atoms with Gasteiger partial charge in [-0.25, -0.2) is 9.13 Å². The topological polar surface area (TPSA) is 37.9 Å². The van der Waals surface area contributed by atoms with Gasteiger partial charge in [0.25, 0.3) is 11.7 Å². The fourth-order valence-corrected chi connectivity index (χ4v) is 3.54. The Bertz CT molecular complexity index is 918. The van der Waals surface area contributed by atoms with E-state index in [0.717, 1.165) is 30.6 Å². The SMILES string of the molecule is Cc1ccccc1NC(=O)C[n+]1cc(-c2ccccc2)n2c1CCC2.[Cl-]. The fourth-order valence-electron chi connectivity index (χ4n) is 3.54. The zero-order chi connectivity index (χ0) is 17.2. The lowest BCUT2D eigenvalue weighted by atomic mass is 10.2. The average Bonchev–Trinajstić information content (AvgIpc) is 3.22. The lowest BCUT2D eigenvalue weighted by molar-refractivity contribution is -0.690. The van der Waals surface area contributed by atoms with E-state index in [1.165, 1.54) is 17.1 Å². The van der Waals surface area contributed by atoms with Crippen LogP contribution in [0.4, 0.5) is 5.69 Å². The molecule has 1 aromatic heterocycles. The van der Waals surface area contributed by atoms with Gasteiger partial charge < -0.3 is 17.7 Å². The standard InChI is InChI=1S/C21H21N3O.ClH/c1-16-8-5-6-11-18(16)22-20(25)15-23-14-19(17-9-3-2-4-10-17)24-13-7-12-21(23)24;/h2-6,8-11,14H,7,12-13,15H2,1H3;1H. The van der Waals surface area contributed by atoms with Gasteiger partial charge in [-0.05, 0) is 25.0 Å². The second-order valence-corrected chi connectivity index (χ2v) is 6.54. The predicted octanol–water partition coefficient (Wildman–Crippen LogP) is 0.340. The highest BCUT2D eigenvalue weighted by molar-refractivity contribution is 5.90. The molecule has 0 bridgehead atoms. The maximum absolute atomic E-state index is 12.5. The number of nitrogens with one attached hydrogen (secondary N) is 1. The minimum atomic E-state index is 0. The summed E-state index contributed by atoms with van der Waals surface area (Å²) in [5.41, 5.74) is 4.35. The van der Waals surface area contributed by atoms with Crippen molar-refractivity contribution in [3.8, 4) is 11.3 Å². The van der Waals surface area contributed by atoms with Crippen LogP contribution in [0.2, 0.25) is 0 Å². The number of carbonyl (C=O) groups excluding carboxylic acids is 1. The van der Waals surface area contributed by atoms with Gasteiger partial charge in [0.15, 0.2) is 12.2 Å². The van der Waals surface area contributed by atoms with Crippen molar-refractivity contribution in [3.05, 3.63) is 72.2 Å². The van der Waals surface area contributed by atoms with Crippen molar-refractivity contribution in [2.75, 3.05) is 5.32 Å². The lowest BCUT2D eigenvalue weighted by Gasteiger charge is -2.07. The third-order valence-electron chi connectivity index (χ3n) is 4.80. The molecule has 1 N–H and O–H groups in total. The molecule has 0 radical (unpaired) electrons. The number of nitrogens with zero attached hydrogens (tertiary/aromatic N) is 2. The quantitative estimate of drug-likeness (QED) is 0.663. The first-order valence-corrected chi connectivity index (χ1v) is 8.75. The van der Waals surface area contributed by atoms with E-state index >= 15 is 0 Å². The molecule has 5 heteroatoms. The van der Waals surface area contributed by atoms with Gasteiger partial charge in [-0.3, -0.25) is 4.79 Å². The molecule has 0 fully saturated rings. The van der Waals surface area contributed by atoms with Crippen LogP contribution in [0.3, 0.4) is 0 Å². The number of benzene rings is 2. The average molecular weight is 368 g/mol. The number of amides is 1. The Morgan fingerprint density at radius 3 is 2.62 bits per heavy atom. The van der Waals surface area contributed by atoms with Gasteiger partial charge in [0, 0.05) is 11.3 Å². The van der Waals surface area contributed by atoms with Crippen LogP contribution in [0, 0.1) is 6.92 Å². The van der Waals surface area contributed by atoms with Crippen molar-refractivity contribution in [2.45, 2.75) is 32.9 Å². The maximum atomic E-state index is 12.5. The zero-order valence-corrected chi connectivity index (χ0v) is 15.5. The minimum Gasteiger partial charge on any atom is -1.00 e. The van der Waals surface area contributed by atoms with Crippen molar-refractivity contribution in [1.82, 2.24) is 4.57 Å². The Morgan fingerprint density at radius 1 is 1.12 bits per heavy atom. The number of aromatic nitrogens is 2. The Hall–Kier alpha value is -2.59. The van der Waals surface area contributed by atoms with E-state index in [0.29, 0.717) is 6.54 Å². The number of anilines is 1. The smallest absolute Gasteiger partial charge is 0.266 e. The first kappa shape index (κ1) is 18.2. The minimum absolute atomic E-state index is 0. The molecule has 26 heavy (non-hydrogen) atoms. The largest absolute Gasteiger partial charge is 1.00 e. The van der Waals surface area contributed by atoms with Crippen LogP contribution >= 0.6 is 0 Å². The van der Waals surface area contributed by atoms with Crippen molar-refractivity contribution >= 4 is 11.6 Å². The van der Waals surface area contributed by atoms with Crippen molar-refractivity contribution in [3.63, 3.8) is 0 Å². The molecular formula is C21H22ClN3O. The molecule has 0 unspecified atom stereocenters. The number of para-hydroxylation sites is 1. The van der Waals surface area contributed by atoms with Gasteiger partial charge in [0.05, 0.1) is 13.0 Å². The van der Waals surface area contributed by atoms with Crippen LogP contribution in [0.1, 0.15) is 17.8 Å². The second kappa shape index (κ2) is 7.75. The van der Waals surface area contributed by atoms with Crippen molar-refractivity contribution in [2.24, 2.45) is 0 Å². The molecule has 134 valence electrons. The fraction of sp³-hybridized carbons (Fsp3) is 0.238. The predicted molar refractivity (Wildman–Crippen MR) is 98.2 cm³/mol. The Morgan fingerprint density at radius 2 is 1.85 bits per heavy atom. The van der Waals surface area contributed by atoms with Crippen LogP contribution in [-0.4, -0.2) is 10.5 Å². The molecule has 0 aliphatic carbocycles. The molecule has 4 nitrogen and oxygen atoms in total. The summed E-state index contributed by atoms with van der Waals surface area (Å²) in [4.78, 5) is 12.5. The van der Waals surface area contributed by atoms with Crippen LogP contribution in [0.25, 0.3) is 11.3 Å². The molecule has 1 amide bonds. The van der Waals surface area contributed by atoms with Crippen LogP contribution < -0.4 is 22.3 Å². The Labute approximate surface area is 159 Å². The van der Waals surface area contributed by atoms with Crippen LogP contribution in [0.5, 0.6) is 0 Å². The highest BCUT2D eigenvalue weighted by Crippen LogP contribution is 2.24.